The molecule has 4 rings (SSSR count). The Morgan fingerprint density at radius 1 is 1.42 bits per heavy atom. The second-order valence-electron chi connectivity index (χ2n) is 6.65. The molecule has 0 radical (unpaired) electrons. The maximum absolute atomic E-state index is 12.6. The van der Waals surface area contributed by atoms with Crippen LogP contribution in [0.2, 0.25) is 0 Å². The minimum atomic E-state index is 0.0594. The van der Waals surface area contributed by atoms with Crippen LogP contribution in [0.1, 0.15) is 15.9 Å². The van der Waals surface area contributed by atoms with E-state index in [4.69, 9.17) is 4.74 Å². The molecule has 0 aliphatic carbocycles. The van der Waals surface area contributed by atoms with Crippen molar-refractivity contribution in [2.24, 2.45) is 13.0 Å². The first-order valence-corrected chi connectivity index (χ1v) is 9.26. The quantitative estimate of drug-likeness (QED) is 0.844. The van der Waals surface area contributed by atoms with Gasteiger partial charge in [0.2, 0.25) is 0 Å². The minimum absolute atomic E-state index is 0.0594. The molecular formula is C17H22N4O2S. The van der Waals surface area contributed by atoms with E-state index in [1.807, 2.05) is 11.9 Å². The number of amides is 1. The van der Waals surface area contributed by atoms with Gasteiger partial charge in [-0.2, -0.15) is 16.4 Å². The van der Waals surface area contributed by atoms with E-state index < -0.39 is 0 Å². The first-order chi connectivity index (χ1) is 11.7. The number of hydrogen-bond donors (Lipinski definition) is 0. The molecule has 2 aliphatic heterocycles. The zero-order valence-electron chi connectivity index (χ0n) is 13.8. The Hall–Kier alpha value is -1.70. The van der Waals surface area contributed by atoms with E-state index in [9.17, 15) is 4.79 Å². The van der Waals surface area contributed by atoms with Gasteiger partial charge in [0.15, 0.2) is 0 Å². The third-order valence-electron chi connectivity index (χ3n) is 4.84. The maximum atomic E-state index is 12.6. The SMILES string of the molecule is Cn1cc(C(=O)N2C[C@@H]3CN(Cc4ccsc4)CCO[C@@H]3C2)cn1. The molecule has 0 saturated carbocycles. The zero-order chi connectivity index (χ0) is 16.5. The number of rotatable bonds is 3. The van der Waals surface area contributed by atoms with Gasteiger partial charge in [0.05, 0.1) is 24.5 Å². The van der Waals surface area contributed by atoms with Gasteiger partial charge < -0.3 is 9.64 Å². The fourth-order valence-corrected chi connectivity index (χ4v) is 4.29. The number of aromatic nitrogens is 2. The molecule has 2 atom stereocenters. The van der Waals surface area contributed by atoms with Crippen LogP contribution in [0.5, 0.6) is 0 Å². The second-order valence-corrected chi connectivity index (χ2v) is 7.43. The highest BCUT2D eigenvalue weighted by Crippen LogP contribution is 2.26. The van der Waals surface area contributed by atoms with Gasteiger partial charge in [0.25, 0.3) is 5.91 Å². The monoisotopic (exact) mass is 346 g/mol. The molecule has 0 spiro atoms. The third kappa shape index (κ3) is 3.24. The lowest BCUT2D eigenvalue weighted by atomic mass is 10.1. The van der Waals surface area contributed by atoms with Crippen LogP contribution in [-0.2, 0) is 18.3 Å². The summed E-state index contributed by atoms with van der Waals surface area (Å²) in [6, 6.07) is 2.18. The third-order valence-corrected chi connectivity index (χ3v) is 5.57. The van der Waals surface area contributed by atoms with Crippen LogP contribution in [0.3, 0.4) is 0 Å². The summed E-state index contributed by atoms with van der Waals surface area (Å²) in [6.45, 7) is 5.09. The van der Waals surface area contributed by atoms with Crippen molar-refractivity contribution < 1.29 is 9.53 Å². The van der Waals surface area contributed by atoms with Gasteiger partial charge in [-0.1, -0.05) is 0 Å². The summed E-state index contributed by atoms with van der Waals surface area (Å²) >= 11 is 1.74. The van der Waals surface area contributed by atoms with Crippen molar-refractivity contribution in [3.05, 3.63) is 40.3 Å². The molecule has 0 bridgehead atoms. The molecule has 24 heavy (non-hydrogen) atoms. The van der Waals surface area contributed by atoms with Gasteiger partial charge in [-0.25, -0.2) is 0 Å². The highest BCUT2D eigenvalue weighted by Gasteiger charge is 2.38. The predicted molar refractivity (Wildman–Crippen MR) is 91.9 cm³/mol. The number of thiophene rings is 1. The zero-order valence-corrected chi connectivity index (χ0v) is 14.6. The molecule has 2 aliphatic rings. The summed E-state index contributed by atoms with van der Waals surface area (Å²) in [5.41, 5.74) is 2.02. The molecule has 0 N–H and O–H groups in total. The lowest BCUT2D eigenvalue weighted by molar-refractivity contribution is 0.0483. The summed E-state index contributed by atoms with van der Waals surface area (Å²) in [6.07, 6.45) is 3.57. The lowest BCUT2D eigenvalue weighted by Gasteiger charge is -2.22. The van der Waals surface area contributed by atoms with Crippen LogP contribution in [0, 0.1) is 5.92 Å². The van der Waals surface area contributed by atoms with Crippen molar-refractivity contribution in [2.75, 3.05) is 32.8 Å². The van der Waals surface area contributed by atoms with Crippen LogP contribution in [-0.4, -0.2) is 64.4 Å². The van der Waals surface area contributed by atoms with Crippen molar-refractivity contribution in [2.45, 2.75) is 12.6 Å². The highest BCUT2D eigenvalue weighted by atomic mass is 32.1. The average molecular weight is 346 g/mol. The van der Waals surface area contributed by atoms with Crippen LogP contribution >= 0.6 is 11.3 Å². The molecular weight excluding hydrogens is 324 g/mol. The Balaban J connectivity index is 1.41. The minimum Gasteiger partial charge on any atom is -0.375 e. The number of aryl methyl sites for hydroxylation is 1. The Bertz CT molecular complexity index is 699. The van der Waals surface area contributed by atoms with Gasteiger partial charge in [-0.3, -0.25) is 14.4 Å². The molecule has 4 heterocycles. The molecule has 2 fully saturated rings. The molecule has 128 valence electrons. The summed E-state index contributed by atoms with van der Waals surface area (Å²) in [7, 11) is 1.83. The maximum Gasteiger partial charge on any atom is 0.257 e. The number of carbonyl (C=O) groups excluding carboxylic acids is 1. The van der Waals surface area contributed by atoms with Gasteiger partial charge in [0, 0.05) is 51.9 Å². The van der Waals surface area contributed by atoms with Crippen molar-refractivity contribution in [1.82, 2.24) is 19.6 Å². The second kappa shape index (κ2) is 6.66. The van der Waals surface area contributed by atoms with Crippen molar-refractivity contribution in [1.29, 1.82) is 0 Å². The van der Waals surface area contributed by atoms with E-state index in [1.165, 1.54) is 5.56 Å². The number of fused-ring (bicyclic) bond motifs is 1. The van der Waals surface area contributed by atoms with Crippen LogP contribution < -0.4 is 0 Å². The highest BCUT2D eigenvalue weighted by molar-refractivity contribution is 7.07. The van der Waals surface area contributed by atoms with Crippen molar-refractivity contribution in [3.8, 4) is 0 Å². The smallest absolute Gasteiger partial charge is 0.257 e. The Morgan fingerprint density at radius 2 is 2.33 bits per heavy atom. The van der Waals surface area contributed by atoms with Crippen LogP contribution in [0.4, 0.5) is 0 Å². The first kappa shape index (κ1) is 15.8. The molecule has 7 heteroatoms. The van der Waals surface area contributed by atoms with Crippen LogP contribution in [0.15, 0.2) is 29.2 Å². The van der Waals surface area contributed by atoms with Crippen molar-refractivity contribution >= 4 is 17.2 Å². The van der Waals surface area contributed by atoms with Gasteiger partial charge in [-0.15, -0.1) is 0 Å². The number of likely N-dealkylation sites (tertiary alicyclic amines) is 1. The average Bonchev–Trinajstić information content (AvgIpc) is 3.28. The molecule has 6 nitrogen and oxygen atoms in total. The number of hydrogen-bond acceptors (Lipinski definition) is 5. The summed E-state index contributed by atoms with van der Waals surface area (Å²) in [5.74, 6) is 0.441. The Morgan fingerprint density at radius 3 is 3.08 bits per heavy atom. The van der Waals surface area contributed by atoms with Gasteiger partial charge in [-0.05, 0) is 22.4 Å². The molecule has 2 aromatic heterocycles. The summed E-state index contributed by atoms with van der Waals surface area (Å²) in [4.78, 5) is 17.0. The van der Waals surface area contributed by atoms with E-state index >= 15 is 0 Å². The van der Waals surface area contributed by atoms with Crippen molar-refractivity contribution in [3.63, 3.8) is 0 Å². The molecule has 2 saturated heterocycles. The molecule has 2 aromatic rings. The van der Waals surface area contributed by atoms with E-state index in [0.717, 1.165) is 32.8 Å². The molecule has 1 amide bonds. The Labute approximate surface area is 145 Å². The standard InChI is InChI=1S/C17H22N4O2S/c1-19-8-14(6-18-19)17(22)21-10-15-9-20(3-4-23-16(15)11-21)7-13-2-5-24-12-13/h2,5-6,8,12,15-16H,3-4,7,9-11H2,1H3/t15-,16+/m0/s1. The number of nitrogens with zero attached hydrogens (tertiary/aromatic N) is 4. The lowest BCUT2D eigenvalue weighted by Crippen LogP contribution is -2.33. The Kier molecular flexibility index (Phi) is 4.39. The summed E-state index contributed by atoms with van der Waals surface area (Å²) < 4.78 is 7.71. The van der Waals surface area contributed by atoms with E-state index in [-0.39, 0.29) is 12.0 Å². The fraction of sp³-hybridized carbons (Fsp3) is 0.529. The predicted octanol–water partition coefficient (Wildman–Crippen LogP) is 1.45. The van der Waals surface area contributed by atoms with Gasteiger partial charge >= 0.3 is 0 Å². The molecule has 0 unspecified atom stereocenters. The van der Waals surface area contributed by atoms with Crippen LogP contribution in [0.25, 0.3) is 0 Å². The van der Waals surface area contributed by atoms with E-state index in [2.05, 4.69) is 26.8 Å². The largest absolute Gasteiger partial charge is 0.375 e. The number of ether oxygens (including phenoxy) is 1. The van der Waals surface area contributed by atoms with E-state index in [0.29, 0.717) is 18.0 Å². The number of carbonyl (C=O) groups is 1. The fourth-order valence-electron chi connectivity index (χ4n) is 3.63. The first-order valence-electron chi connectivity index (χ1n) is 8.32. The van der Waals surface area contributed by atoms with E-state index in [1.54, 1.807) is 28.4 Å². The topological polar surface area (TPSA) is 50.6 Å². The van der Waals surface area contributed by atoms with Gasteiger partial charge in [0.1, 0.15) is 0 Å². The summed E-state index contributed by atoms with van der Waals surface area (Å²) in [5, 5.41) is 8.43. The normalized spacial score (nSPS) is 24.8. The molecule has 0 aromatic carbocycles.